The molecule has 1 aliphatic heterocycles. The lowest BCUT2D eigenvalue weighted by Gasteiger charge is -2.35. The number of aryl methyl sites for hydroxylation is 2. The Kier molecular flexibility index (Phi) is 6.23. The highest BCUT2D eigenvalue weighted by Crippen LogP contribution is 2.22. The number of hydrogen-bond acceptors (Lipinski definition) is 5. The van der Waals surface area contributed by atoms with E-state index in [0.717, 1.165) is 16.8 Å². The average molecular weight is 381 g/mol. The Bertz CT molecular complexity index is 832. The van der Waals surface area contributed by atoms with Crippen molar-refractivity contribution in [3.63, 3.8) is 0 Å². The first-order chi connectivity index (χ1) is 13.5. The van der Waals surface area contributed by atoms with Crippen molar-refractivity contribution in [2.24, 2.45) is 0 Å². The Morgan fingerprint density at radius 1 is 1.07 bits per heavy atom. The average Bonchev–Trinajstić information content (AvgIpc) is 2.71. The fourth-order valence-electron chi connectivity index (χ4n) is 3.43. The van der Waals surface area contributed by atoms with Crippen molar-refractivity contribution in [1.82, 2.24) is 14.9 Å². The molecule has 1 saturated heterocycles. The number of carbonyl (C=O) groups is 2. The summed E-state index contributed by atoms with van der Waals surface area (Å²) in [4.78, 5) is 39.1. The second-order valence-electron chi connectivity index (χ2n) is 7.13. The van der Waals surface area contributed by atoms with Crippen LogP contribution in [0.2, 0.25) is 0 Å². The third-order valence-corrected chi connectivity index (χ3v) is 5.05. The van der Waals surface area contributed by atoms with Crippen LogP contribution in [0, 0.1) is 13.8 Å². The Morgan fingerprint density at radius 2 is 1.75 bits per heavy atom. The van der Waals surface area contributed by atoms with Crippen molar-refractivity contribution in [2.75, 3.05) is 42.5 Å². The summed E-state index contributed by atoms with van der Waals surface area (Å²) in [6.45, 7) is 8.62. The molecule has 1 aromatic carbocycles. The molecule has 0 aliphatic carbocycles. The number of carbonyl (C=O) groups excluding carboxylic acids is 2. The summed E-state index contributed by atoms with van der Waals surface area (Å²) in [5.74, 6) is 0.727. The van der Waals surface area contributed by atoms with Gasteiger partial charge in [-0.15, -0.1) is 0 Å². The molecule has 1 aromatic heterocycles. The molecule has 7 nitrogen and oxygen atoms in total. The van der Waals surface area contributed by atoms with E-state index in [4.69, 9.17) is 0 Å². The van der Waals surface area contributed by atoms with E-state index in [2.05, 4.69) is 14.9 Å². The normalized spacial score (nSPS) is 14.1. The highest BCUT2D eigenvalue weighted by atomic mass is 16.2. The van der Waals surface area contributed by atoms with E-state index in [-0.39, 0.29) is 11.8 Å². The molecule has 0 bridgehead atoms. The van der Waals surface area contributed by atoms with Gasteiger partial charge >= 0.3 is 0 Å². The number of nitrogens with zero attached hydrogens (tertiary/aromatic N) is 5. The van der Waals surface area contributed by atoms with Gasteiger partial charge in [-0.05, 0) is 37.1 Å². The summed E-state index contributed by atoms with van der Waals surface area (Å²) in [6, 6.07) is 7.82. The Balaban J connectivity index is 1.57. The first kappa shape index (κ1) is 19.8. The molecule has 7 heteroatoms. The van der Waals surface area contributed by atoms with E-state index < -0.39 is 0 Å². The molecule has 0 atom stereocenters. The zero-order valence-electron chi connectivity index (χ0n) is 16.8. The fraction of sp³-hybridized carbons (Fsp3) is 0.429. The monoisotopic (exact) mass is 381 g/mol. The number of hydrogen-bond donors (Lipinski definition) is 0. The van der Waals surface area contributed by atoms with Crippen LogP contribution in [0.3, 0.4) is 0 Å². The van der Waals surface area contributed by atoms with E-state index in [1.807, 2.05) is 36.9 Å². The van der Waals surface area contributed by atoms with Crippen molar-refractivity contribution >= 4 is 23.5 Å². The summed E-state index contributed by atoms with van der Waals surface area (Å²) >= 11 is 0. The highest BCUT2D eigenvalue weighted by Gasteiger charge is 2.23. The molecule has 0 unspecified atom stereocenters. The first-order valence-corrected chi connectivity index (χ1v) is 9.61. The Morgan fingerprint density at radius 3 is 2.39 bits per heavy atom. The molecule has 0 radical (unpaired) electrons. The smallest absolute Gasteiger partial charge is 0.225 e. The Hall–Kier alpha value is -2.96. The number of anilines is 2. The molecule has 0 saturated carbocycles. The van der Waals surface area contributed by atoms with Gasteiger partial charge in [-0.3, -0.25) is 9.59 Å². The predicted octanol–water partition coefficient (Wildman–Crippen LogP) is 2.19. The van der Waals surface area contributed by atoms with E-state index >= 15 is 0 Å². The molecule has 1 fully saturated rings. The largest absolute Gasteiger partial charge is 0.339 e. The van der Waals surface area contributed by atoms with Crippen LogP contribution in [0.4, 0.5) is 11.6 Å². The number of amides is 2. The van der Waals surface area contributed by atoms with E-state index in [1.165, 1.54) is 0 Å². The van der Waals surface area contributed by atoms with Crippen LogP contribution >= 0.6 is 0 Å². The molecule has 148 valence electrons. The SMILES string of the molecule is CC(=O)N(CCC(=O)N1CCN(c2ncccn2)CC1)c1cc(C)ccc1C. The van der Waals surface area contributed by atoms with Crippen LogP contribution < -0.4 is 9.80 Å². The zero-order valence-corrected chi connectivity index (χ0v) is 16.8. The molecule has 2 amide bonds. The van der Waals surface area contributed by atoms with Gasteiger partial charge in [-0.1, -0.05) is 12.1 Å². The molecule has 28 heavy (non-hydrogen) atoms. The van der Waals surface area contributed by atoms with Gasteiger partial charge in [-0.2, -0.15) is 0 Å². The molecule has 0 N–H and O–H groups in total. The van der Waals surface area contributed by atoms with Crippen LogP contribution in [-0.4, -0.2) is 59.4 Å². The third-order valence-electron chi connectivity index (χ3n) is 5.05. The Labute approximate surface area is 166 Å². The molecule has 3 rings (SSSR count). The minimum absolute atomic E-state index is 0.0486. The van der Waals surface area contributed by atoms with Crippen LogP contribution in [0.15, 0.2) is 36.7 Å². The van der Waals surface area contributed by atoms with Gasteiger partial charge in [0, 0.05) is 64.1 Å². The summed E-state index contributed by atoms with van der Waals surface area (Å²) < 4.78 is 0. The second kappa shape index (κ2) is 8.82. The topological polar surface area (TPSA) is 69.6 Å². The predicted molar refractivity (Wildman–Crippen MR) is 109 cm³/mol. The van der Waals surface area contributed by atoms with Gasteiger partial charge in [0.1, 0.15) is 0 Å². The highest BCUT2D eigenvalue weighted by molar-refractivity contribution is 5.93. The van der Waals surface area contributed by atoms with Gasteiger partial charge in [0.05, 0.1) is 0 Å². The van der Waals surface area contributed by atoms with Crippen molar-refractivity contribution < 1.29 is 9.59 Å². The van der Waals surface area contributed by atoms with Crippen molar-refractivity contribution in [2.45, 2.75) is 27.2 Å². The van der Waals surface area contributed by atoms with Gasteiger partial charge in [0.15, 0.2) is 0 Å². The molecule has 2 aromatic rings. The maximum Gasteiger partial charge on any atom is 0.225 e. The molecular weight excluding hydrogens is 354 g/mol. The van der Waals surface area contributed by atoms with E-state index in [9.17, 15) is 9.59 Å². The van der Waals surface area contributed by atoms with Crippen molar-refractivity contribution in [3.8, 4) is 0 Å². The van der Waals surface area contributed by atoms with Crippen LogP contribution in [0.25, 0.3) is 0 Å². The third kappa shape index (κ3) is 4.65. The van der Waals surface area contributed by atoms with Gasteiger partial charge in [0.2, 0.25) is 17.8 Å². The van der Waals surface area contributed by atoms with Gasteiger partial charge < -0.3 is 14.7 Å². The number of piperazine rings is 1. The molecular formula is C21H27N5O2. The number of aromatic nitrogens is 2. The second-order valence-corrected chi connectivity index (χ2v) is 7.13. The summed E-state index contributed by atoms with van der Waals surface area (Å²) in [5.41, 5.74) is 3.01. The standard InChI is InChI=1S/C21H27N5O2/c1-16-5-6-17(2)19(15-16)26(18(3)27)10-7-20(28)24-11-13-25(14-12-24)21-22-8-4-9-23-21/h4-6,8-9,15H,7,10-14H2,1-3H3. The van der Waals surface area contributed by atoms with Crippen LogP contribution in [-0.2, 0) is 9.59 Å². The van der Waals surface area contributed by atoms with Crippen molar-refractivity contribution in [3.05, 3.63) is 47.8 Å². The molecule has 2 heterocycles. The summed E-state index contributed by atoms with van der Waals surface area (Å²) in [5, 5.41) is 0. The van der Waals surface area contributed by atoms with Crippen molar-refractivity contribution in [1.29, 1.82) is 0 Å². The van der Waals surface area contributed by atoms with Gasteiger partial charge in [-0.25, -0.2) is 9.97 Å². The minimum atomic E-state index is -0.0486. The van der Waals surface area contributed by atoms with E-state index in [1.54, 1.807) is 30.3 Å². The van der Waals surface area contributed by atoms with Crippen LogP contribution in [0.1, 0.15) is 24.5 Å². The molecule has 0 spiro atoms. The number of benzene rings is 1. The zero-order chi connectivity index (χ0) is 20.1. The quantitative estimate of drug-likeness (QED) is 0.794. The lowest BCUT2D eigenvalue weighted by Crippen LogP contribution is -2.49. The lowest BCUT2D eigenvalue weighted by molar-refractivity contribution is -0.131. The maximum atomic E-state index is 12.7. The minimum Gasteiger partial charge on any atom is -0.339 e. The van der Waals surface area contributed by atoms with Crippen LogP contribution in [0.5, 0.6) is 0 Å². The van der Waals surface area contributed by atoms with E-state index in [0.29, 0.717) is 45.1 Å². The van der Waals surface area contributed by atoms with Gasteiger partial charge in [0.25, 0.3) is 0 Å². The summed E-state index contributed by atoms with van der Waals surface area (Å²) in [7, 11) is 0. The summed E-state index contributed by atoms with van der Waals surface area (Å²) in [6.07, 6.45) is 3.77. The maximum absolute atomic E-state index is 12.7. The lowest BCUT2D eigenvalue weighted by atomic mass is 10.1. The fourth-order valence-corrected chi connectivity index (χ4v) is 3.43. The molecule has 1 aliphatic rings. The first-order valence-electron chi connectivity index (χ1n) is 9.61. The number of rotatable bonds is 5.